The van der Waals surface area contributed by atoms with Gasteiger partial charge in [-0.05, 0) is 41.6 Å². The van der Waals surface area contributed by atoms with E-state index in [2.05, 4.69) is 39.3 Å². The summed E-state index contributed by atoms with van der Waals surface area (Å²) < 4.78 is 13.1. The Morgan fingerprint density at radius 2 is 1.96 bits per heavy atom. The minimum Gasteiger partial charge on any atom is -0.355 e. The smallest absolute Gasteiger partial charge is 0.224 e. The molecule has 5 nitrogen and oxygen atoms in total. The zero-order chi connectivity index (χ0) is 18.1. The number of aliphatic imine (C=N–C) groups is 1. The zero-order valence-electron chi connectivity index (χ0n) is 14.8. The van der Waals surface area contributed by atoms with Crippen molar-refractivity contribution >= 4 is 47.2 Å². The van der Waals surface area contributed by atoms with E-state index in [0.29, 0.717) is 24.6 Å². The molecule has 0 spiro atoms. The number of carbonyl (C=O) groups is 1. The maximum atomic E-state index is 13.1. The Kier molecular flexibility index (Phi) is 10.2. The molecule has 8 heteroatoms. The van der Waals surface area contributed by atoms with Gasteiger partial charge in [-0.15, -0.1) is 35.3 Å². The molecule has 142 valence electrons. The van der Waals surface area contributed by atoms with Crippen LogP contribution in [0.2, 0.25) is 0 Å². The van der Waals surface area contributed by atoms with E-state index in [1.54, 1.807) is 30.5 Å². The fraction of sp³-hybridized carbons (Fsp3) is 0.333. The maximum absolute atomic E-state index is 13.1. The summed E-state index contributed by atoms with van der Waals surface area (Å²) >= 11 is 1.71. The standard InChI is InChI=1S/C18H23FN4OS.HI/c1-13-6-9-25-16(13)12-23-18(20-2)22-8-7-21-17(24)11-14-4-3-5-15(19)10-14;/h3-6,9-10H,7-8,11-12H2,1-2H3,(H,21,24)(H2,20,22,23);1H. The van der Waals surface area contributed by atoms with Crippen LogP contribution in [0, 0.1) is 12.7 Å². The van der Waals surface area contributed by atoms with Crippen molar-refractivity contribution < 1.29 is 9.18 Å². The van der Waals surface area contributed by atoms with Gasteiger partial charge in [0.25, 0.3) is 0 Å². The highest BCUT2D eigenvalue weighted by Gasteiger charge is 2.05. The summed E-state index contributed by atoms with van der Waals surface area (Å²) in [7, 11) is 1.71. The van der Waals surface area contributed by atoms with Gasteiger partial charge in [0.05, 0.1) is 13.0 Å². The lowest BCUT2D eigenvalue weighted by atomic mass is 10.1. The molecule has 0 atom stereocenters. The molecule has 0 saturated carbocycles. The predicted octanol–water partition coefficient (Wildman–Crippen LogP) is 2.84. The van der Waals surface area contributed by atoms with Gasteiger partial charge in [-0.1, -0.05) is 12.1 Å². The van der Waals surface area contributed by atoms with Crippen molar-refractivity contribution in [3.63, 3.8) is 0 Å². The number of nitrogens with zero attached hydrogens (tertiary/aromatic N) is 1. The summed E-state index contributed by atoms with van der Waals surface area (Å²) in [5.41, 5.74) is 1.92. The van der Waals surface area contributed by atoms with Crippen molar-refractivity contribution in [3.05, 3.63) is 57.5 Å². The van der Waals surface area contributed by atoms with Crippen molar-refractivity contribution in [2.75, 3.05) is 20.1 Å². The van der Waals surface area contributed by atoms with E-state index in [0.717, 1.165) is 6.54 Å². The number of hydrogen-bond acceptors (Lipinski definition) is 3. The second kappa shape index (κ2) is 11.8. The van der Waals surface area contributed by atoms with E-state index in [4.69, 9.17) is 0 Å². The van der Waals surface area contributed by atoms with E-state index in [9.17, 15) is 9.18 Å². The van der Waals surface area contributed by atoms with Crippen LogP contribution in [-0.2, 0) is 17.8 Å². The second-order valence-corrected chi connectivity index (χ2v) is 6.54. The third-order valence-electron chi connectivity index (χ3n) is 3.60. The molecule has 1 aromatic carbocycles. The molecule has 26 heavy (non-hydrogen) atoms. The highest BCUT2D eigenvalue weighted by molar-refractivity contribution is 14.0. The van der Waals surface area contributed by atoms with E-state index >= 15 is 0 Å². The topological polar surface area (TPSA) is 65.5 Å². The van der Waals surface area contributed by atoms with Crippen LogP contribution >= 0.6 is 35.3 Å². The molecule has 0 fully saturated rings. The summed E-state index contributed by atoms with van der Waals surface area (Å²) in [6.07, 6.45) is 0.169. The molecule has 0 aliphatic carbocycles. The van der Waals surface area contributed by atoms with Crippen LogP contribution in [0.4, 0.5) is 4.39 Å². The lowest BCUT2D eigenvalue weighted by molar-refractivity contribution is -0.120. The summed E-state index contributed by atoms with van der Waals surface area (Å²) in [5, 5.41) is 11.3. The maximum Gasteiger partial charge on any atom is 0.224 e. The monoisotopic (exact) mass is 490 g/mol. The first-order valence-corrected chi connectivity index (χ1v) is 8.95. The Morgan fingerprint density at radius 3 is 2.62 bits per heavy atom. The van der Waals surface area contributed by atoms with E-state index in [1.165, 1.54) is 22.6 Å². The van der Waals surface area contributed by atoms with Crippen molar-refractivity contribution in [2.24, 2.45) is 4.99 Å². The number of halogens is 2. The van der Waals surface area contributed by atoms with Crippen LogP contribution in [-0.4, -0.2) is 32.0 Å². The number of hydrogen-bond donors (Lipinski definition) is 3. The molecule has 0 radical (unpaired) electrons. The average Bonchev–Trinajstić information content (AvgIpc) is 2.99. The molecule has 2 rings (SSSR count). The Labute approximate surface area is 174 Å². The van der Waals surface area contributed by atoms with E-state index < -0.39 is 0 Å². The van der Waals surface area contributed by atoms with Gasteiger partial charge in [0.2, 0.25) is 5.91 Å². The molecule has 0 aliphatic heterocycles. The van der Waals surface area contributed by atoms with Crippen molar-refractivity contribution in [1.29, 1.82) is 0 Å². The largest absolute Gasteiger partial charge is 0.355 e. The third-order valence-corrected chi connectivity index (χ3v) is 4.62. The normalized spacial score (nSPS) is 10.8. The fourth-order valence-electron chi connectivity index (χ4n) is 2.25. The Morgan fingerprint density at radius 1 is 1.19 bits per heavy atom. The number of carbonyl (C=O) groups excluding carboxylic acids is 1. The molecule has 1 amide bonds. The number of rotatable bonds is 7. The summed E-state index contributed by atoms with van der Waals surface area (Å²) in [4.78, 5) is 17.3. The van der Waals surface area contributed by atoms with Gasteiger partial charge in [0, 0.05) is 25.0 Å². The molecule has 3 N–H and O–H groups in total. The first-order valence-electron chi connectivity index (χ1n) is 8.07. The molecule has 0 aliphatic rings. The molecule has 0 unspecified atom stereocenters. The van der Waals surface area contributed by atoms with Gasteiger partial charge in [-0.2, -0.15) is 0 Å². The van der Waals surface area contributed by atoms with Crippen LogP contribution in [0.25, 0.3) is 0 Å². The Bertz CT molecular complexity index is 735. The lowest BCUT2D eigenvalue weighted by Gasteiger charge is -2.12. The quantitative estimate of drug-likeness (QED) is 0.242. The zero-order valence-corrected chi connectivity index (χ0v) is 18.0. The van der Waals surface area contributed by atoms with Gasteiger partial charge in [-0.3, -0.25) is 9.79 Å². The highest BCUT2D eigenvalue weighted by Crippen LogP contribution is 2.14. The van der Waals surface area contributed by atoms with E-state index in [1.807, 2.05) is 0 Å². The number of thiophene rings is 1. The number of nitrogens with one attached hydrogen (secondary N) is 3. The van der Waals surface area contributed by atoms with Crippen molar-refractivity contribution in [2.45, 2.75) is 19.9 Å². The fourth-order valence-corrected chi connectivity index (χ4v) is 3.09. The van der Waals surface area contributed by atoms with Crippen LogP contribution in [0.1, 0.15) is 16.0 Å². The van der Waals surface area contributed by atoms with Gasteiger partial charge < -0.3 is 16.0 Å². The van der Waals surface area contributed by atoms with Crippen molar-refractivity contribution in [3.8, 4) is 0 Å². The first kappa shape index (κ1) is 22.4. The van der Waals surface area contributed by atoms with E-state index in [-0.39, 0.29) is 42.1 Å². The Hall–Kier alpha value is -1.68. The molecule has 0 saturated heterocycles. The van der Waals surface area contributed by atoms with Gasteiger partial charge in [0.15, 0.2) is 5.96 Å². The molecular weight excluding hydrogens is 466 g/mol. The number of benzene rings is 1. The number of guanidine groups is 1. The molecule has 1 aromatic heterocycles. The van der Waals surface area contributed by atoms with Crippen LogP contribution in [0.5, 0.6) is 0 Å². The SMILES string of the molecule is CN=C(NCCNC(=O)Cc1cccc(F)c1)NCc1sccc1C.I. The number of aryl methyl sites for hydroxylation is 1. The first-order chi connectivity index (χ1) is 12.1. The summed E-state index contributed by atoms with van der Waals surface area (Å²) in [5.74, 6) is 0.222. The van der Waals surface area contributed by atoms with Gasteiger partial charge in [-0.25, -0.2) is 4.39 Å². The van der Waals surface area contributed by atoms with Gasteiger partial charge >= 0.3 is 0 Å². The summed E-state index contributed by atoms with van der Waals surface area (Å²) in [6, 6.07) is 8.16. The Balaban J connectivity index is 0.00000338. The minimum absolute atomic E-state index is 0. The van der Waals surface area contributed by atoms with Crippen LogP contribution in [0.15, 0.2) is 40.7 Å². The average molecular weight is 490 g/mol. The van der Waals surface area contributed by atoms with Crippen molar-refractivity contribution in [1.82, 2.24) is 16.0 Å². The predicted molar refractivity (Wildman–Crippen MR) is 116 cm³/mol. The third kappa shape index (κ3) is 7.69. The minimum atomic E-state index is -0.331. The molecular formula is C18H24FIN4OS. The summed E-state index contributed by atoms with van der Waals surface area (Å²) in [6.45, 7) is 3.82. The molecule has 0 bridgehead atoms. The molecule has 1 heterocycles. The van der Waals surface area contributed by atoms with Gasteiger partial charge in [0.1, 0.15) is 5.82 Å². The lowest BCUT2D eigenvalue weighted by Crippen LogP contribution is -2.41. The highest BCUT2D eigenvalue weighted by atomic mass is 127. The molecule has 2 aromatic rings. The van der Waals surface area contributed by atoms with Crippen LogP contribution < -0.4 is 16.0 Å². The van der Waals surface area contributed by atoms with Crippen LogP contribution in [0.3, 0.4) is 0 Å². The second-order valence-electron chi connectivity index (χ2n) is 5.54. The number of amides is 1.